The van der Waals surface area contributed by atoms with E-state index in [2.05, 4.69) is 20.7 Å². The van der Waals surface area contributed by atoms with Crippen molar-refractivity contribution < 1.29 is 9.53 Å². The predicted molar refractivity (Wildman–Crippen MR) is 59.9 cm³/mol. The normalized spacial score (nSPS) is 12.2. The second kappa shape index (κ2) is 5.37. The fraction of sp³-hybridized carbons (Fsp3) is 0.300. The number of hydrogen-bond acceptors (Lipinski definition) is 2. The summed E-state index contributed by atoms with van der Waals surface area (Å²) >= 11 is 8.99. The van der Waals surface area contributed by atoms with Gasteiger partial charge in [0, 0.05) is 5.02 Å². The minimum Gasteiger partial charge on any atom is -0.468 e. The van der Waals surface area contributed by atoms with E-state index in [9.17, 15) is 4.79 Å². The van der Waals surface area contributed by atoms with Crippen LogP contribution in [0, 0.1) is 0 Å². The van der Waals surface area contributed by atoms with Crippen LogP contribution in [-0.2, 0) is 16.0 Å². The highest BCUT2D eigenvalue weighted by Crippen LogP contribution is 2.14. The molecule has 0 spiro atoms. The maximum absolute atomic E-state index is 11.1. The number of ether oxygens (including phenoxy) is 1. The van der Waals surface area contributed by atoms with Crippen LogP contribution in [0.25, 0.3) is 0 Å². The van der Waals surface area contributed by atoms with Crippen LogP contribution < -0.4 is 0 Å². The molecule has 0 aromatic heterocycles. The van der Waals surface area contributed by atoms with Gasteiger partial charge in [-0.25, -0.2) is 0 Å². The van der Waals surface area contributed by atoms with E-state index in [1.165, 1.54) is 7.11 Å². The Hall–Kier alpha value is -0.540. The fourth-order valence-corrected chi connectivity index (χ4v) is 1.73. The zero-order valence-corrected chi connectivity index (χ0v) is 10.0. The fourth-order valence-electron chi connectivity index (χ4n) is 1.04. The maximum Gasteiger partial charge on any atom is 0.319 e. The first-order valence-electron chi connectivity index (χ1n) is 4.10. The van der Waals surface area contributed by atoms with E-state index in [1.807, 2.05) is 12.1 Å². The summed E-state index contributed by atoms with van der Waals surface area (Å²) in [5.41, 5.74) is 1.04. The SMILES string of the molecule is COC(=O)[C@@H](Br)Cc1ccc(Cl)cc1. The van der Waals surface area contributed by atoms with Crippen LogP contribution in [0.5, 0.6) is 0 Å². The number of methoxy groups -OCH3 is 1. The summed E-state index contributed by atoms with van der Waals surface area (Å²) in [6.45, 7) is 0. The topological polar surface area (TPSA) is 26.3 Å². The molecule has 0 aliphatic heterocycles. The Labute approximate surface area is 96.3 Å². The Bertz CT molecular complexity index is 310. The van der Waals surface area contributed by atoms with Gasteiger partial charge in [-0.1, -0.05) is 39.7 Å². The minimum atomic E-state index is -0.298. The van der Waals surface area contributed by atoms with Gasteiger partial charge < -0.3 is 4.74 Å². The molecule has 1 aromatic rings. The van der Waals surface area contributed by atoms with Crippen LogP contribution in [-0.4, -0.2) is 17.9 Å². The molecular weight excluding hydrogens is 267 g/mol. The summed E-state index contributed by atoms with van der Waals surface area (Å²) in [4.78, 5) is 10.8. The zero-order chi connectivity index (χ0) is 10.6. The summed E-state index contributed by atoms with van der Waals surface area (Å²) < 4.78 is 4.60. The number of hydrogen-bond donors (Lipinski definition) is 0. The van der Waals surface area contributed by atoms with Crippen LogP contribution in [0.15, 0.2) is 24.3 Å². The lowest BCUT2D eigenvalue weighted by Crippen LogP contribution is -2.17. The summed E-state index contributed by atoms with van der Waals surface area (Å²) in [5, 5.41) is 0.693. The molecule has 14 heavy (non-hydrogen) atoms. The van der Waals surface area contributed by atoms with Crippen molar-refractivity contribution in [2.75, 3.05) is 7.11 Å². The number of carbonyl (C=O) groups excluding carboxylic acids is 1. The van der Waals surface area contributed by atoms with Crippen LogP contribution in [0.1, 0.15) is 5.56 Å². The molecule has 4 heteroatoms. The van der Waals surface area contributed by atoms with Crippen molar-refractivity contribution in [2.45, 2.75) is 11.2 Å². The van der Waals surface area contributed by atoms with Crippen molar-refractivity contribution >= 4 is 33.5 Å². The molecule has 0 heterocycles. The smallest absolute Gasteiger partial charge is 0.319 e. The number of benzene rings is 1. The van der Waals surface area contributed by atoms with Gasteiger partial charge >= 0.3 is 5.97 Å². The number of alkyl halides is 1. The molecule has 0 aliphatic rings. The van der Waals surface area contributed by atoms with Crippen molar-refractivity contribution in [3.63, 3.8) is 0 Å². The van der Waals surface area contributed by atoms with Gasteiger partial charge in [0.15, 0.2) is 0 Å². The summed E-state index contributed by atoms with van der Waals surface area (Å²) in [5.74, 6) is -0.264. The molecule has 1 aromatic carbocycles. The van der Waals surface area contributed by atoms with Crippen molar-refractivity contribution in [1.29, 1.82) is 0 Å². The van der Waals surface area contributed by atoms with E-state index >= 15 is 0 Å². The molecule has 0 saturated heterocycles. The molecular formula is C10H10BrClO2. The first kappa shape index (κ1) is 11.5. The number of halogens is 2. The van der Waals surface area contributed by atoms with Gasteiger partial charge in [-0.15, -0.1) is 0 Å². The molecule has 0 saturated carbocycles. The summed E-state index contributed by atoms with van der Waals surface area (Å²) in [6, 6.07) is 7.38. The van der Waals surface area contributed by atoms with Gasteiger partial charge in [0.05, 0.1) is 7.11 Å². The summed E-state index contributed by atoms with van der Waals surface area (Å²) in [6.07, 6.45) is 0.601. The average molecular weight is 278 g/mol. The van der Waals surface area contributed by atoms with Gasteiger partial charge in [-0.3, -0.25) is 4.79 Å². The maximum atomic E-state index is 11.1. The van der Waals surface area contributed by atoms with E-state index in [-0.39, 0.29) is 10.8 Å². The number of esters is 1. The Kier molecular flexibility index (Phi) is 4.42. The lowest BCUT2D eigenvalue weighted by molar-refractivity contribution is -0.139. The molecule has 1 atom stereocenters. The van der Waals surface area contributed by atoms with Crippen LogP contribution in [0.4, 0.5) is 0 Å². The lowest BCUT2D eigenvalue weighted by atomic mass is 10.1. The highest BCUT2D eigenvalue weighted by atomic mass is 79.9. The molecule has 0 unspecified atom stereocenters. The minimum absolute atomic E-state index is 0.264. The predicted octanol–water partition coefficient (Wildman–Crippen LogP) is 2.82. The third-order valence-corrected chi connectivity index (χ3v) is 2.73. The highest BCUT2D eigenvalue weighted by Gasteiger charge is 2.15. The Morgan fingerprint density at radius 2 is 2.07 bits per heavy atom. The van der Waals surface area contributed by atoms with Crippen molar-refractivity contribution in [2.24, 2.45) is 0 Å². The van der Waals surface area contributed by atoms with Crippen LogP contribution >= 0.6 is 27.5 Å². The van der Waals surface area contributed by atoms with Crippen molar-refractivity contribution in [3.05, 3.63) is 34.9 Å². The molecule has 0 radical (unpaired) electrons. The van der Waals surface area contributed by atoms with Crippen LogP contribution in [0.2, 0.25) is 5.02 Å². The molecule has 76 valence electrons. The largest absolute Gasteiger partial charge is 0.468 e. The standard InChI is InChI=1S/C10H10BrClO2/c1-14-10(13)9(11)6-7-2-4-8(12)5-3-7/h2-5,9H,6H2,1H3/t9-/m0/s1. The molecule has 0 N–H and O–H groups in total. The van der Waals surface area contributed by atoms with Gasteiger partial charge in [0.2, 0.25) is 0 Å². The Balaban J connectivity index is 2.60. The molecule has 1 rings (SSSR count). The molecule has 0 aliphatic carbocycles. The van der Waals surface area contributed by atoms with E-state index < -0.39 is 0 Å². The van der Waals surface area contributed by atoms with E-state index in [4.69, 9.17) is 11.6 Å². The average Bonchev–Trinajstić information content (AvgIpc) is 2.20. The number of carbonyl (C=O) groups is 1. The monoisotopic (exact) mass is 276 g/mol. The first-order chi connectivity index (χ1) is 6.63. The first-order valence-corrected chi connectivity index (χ1v) is 5.39. The van der Waals surface area contributed by atoms with E-state index in [0.717, 1.165) is 5.56 Å². The van der Waals surface area contributed by atoms with Gasteiger partial charge in [0.1, 0.15) is 4.83 Å². The molecule has 0 fully saturated rings. The molecule has 0 amide bonds. The second-order valence-electron chi connectivity index (χ2n) is 2.82. The van der Waals surface area contributed by atoms with E-state index in [1.54, 1.807) is 12.1 Å². The Morgan fingerprint density at radius 1 is 1.50 bits per heavy atom. The quantitative estimate of drug-likeness (QED) is 0.627. The van der Waals surface area contributed by atoms with E-state index in [0.29, 0.717) is 11.4 Å². The third kappa shape index (κ3) is 3.31. The van der Waals surface area contributed by atoms with Gasteiger partial charge in [-0.05, 0) is 24.1 Å². The summed E-state index contributed by atoms with van der Waals surface area (Å²) in [7, 11) is 1.37. The zero-order valence-electron chi connectivity index (χ0n) is 7.67. The van der Waals surface area contributed by atoms with Crippen LogP contribution in [0.3, 0.4) is 0 Å². The van der Waals surface area contributed by atoms with Crippen molar-refractivity contribution in [3.8, 4) is 0 Å². The third-order valence-electron chi connectivity index (χ3n) is 1.79. The van der Waals surface area contributed by atoms with Gasteiger partial charge in [-0.2, -0.15) is 0 Å². The molecule has 2 nitrogen and oxygen atoms in total. The number of rotatable bonds is 3. The highest BCUT2D eigenvalue weighted by molar-refractivity contribution is 9.10. The lowest BCUT2D eigenvalue weighted by Gasteiger charge is -2.07. The second-order valence-corrected chi connectivity index (χ2v) is 4.36. The Morgan fingerprint density at radius 3 is 2.57 bits per heavy atom. The molecule has 0 bridgehead atoms. The van der Waals surface area contributed by atoms with Crippen molar-refractivity contribution in [1.82, 2.24) is 0 Å². The van der Waals surface area contributed by atoms with Gasteiger partial charge in [0.25, 0.3) is 0 Å².